The molecule has 34 heavy (non-hydrogen) atoms. The Morgan fingerprint density at radius 2 is 1.59 bits per heavy atom. The van der Waals surface area contributed by atoms with Crippen LogP contribution in [0.4, 0.5) is 5.69 Å². The molecule has 0 fully saturated rings. The Bertz CT molecular complexity index is 999. The zero-order valence-corrected chi connectivity index (χ0v) is 20.6. The van der Waals surface area contributed by atoms with Crippen LogP contribution in [0.3, 0.4) is 0 Å². The number of nitro groups is 1. The van der Waals surface area contributed by atoms with Gasteiger partial charge in [-0.3, -0.25) is 10.1 Å². The molecule has 1 aliphatic heterocycles. The molecular weight excluding hydrogens is 468 g/mol. The molecule has 1 heterocycles. The number of carbonyl (C=O) groups is 2. The molecular formula is C23H29ClN2O8. The predicted octanol–water partition coefficient (Wildman–Crippen LogP) is 3.99. The number of allylic oxidation sites excluding steroid dienone is 1. The van der Waals surface area contributed by atoms with Crippen LogP contribution in [-0.2, 0) is 28.5 Å². The maximum absolute atomic E-state index is 13.3. The van der Waals surface area contributed by atoms with E-state index in [-0.39, 0.29) is 59.5 Å². The Hall–Kier alpha value is -2.95. The standard InChI is InChI=1S/C23H29ClN2O8/c1-6-31-21(27)17-13(5)25-20(23(33-8-3)34-9-4)19(22(28)32-7-2)18(17)15-12-14(26(29)30)10-11-16(15)24/h10-12,18,23,25H,6-9H2,1-5H3. The number of benzene rings is 1. The van der Waals surface area contributed by atoms with E-state index in [1.807, 2.05) is 0 Å². The number of ether oxygens (including phenoxy) is 4. The van der Waals surface area contributed by atoms with Gasteiger partial charge in [-0.05, 0) is 46.2 Å². The molecule has 0 spiro atoms. The fourth-order valence-corrected chi connectivity index (χ4v) is 3.88. The van der Waals surface area contributed by atoms with Crippen molar-refractivity contribution in [2.75, 3.05) is 26.4 Å². The first kappa shape index (κ1) is 27.3. The van der Waals surface area contributed by atoms with Crippen molar-refractivity contribution < 1.29 is 33.5 Å². The number of nitro benzene ring substituents is 1. The molecule has 0 radical (unpaired) electrons. The van der Waals surface area contributed by atoms with Gasteiger partial charge in [-0.2, -0.15) is 0 Å². The van der Waals surface area contributed by atoms with Crippen molar-refractivity contribution in [1.82, 2.24) is 5.32 Å². The van der Waals surface area contributed by atoms with Crippen LogP contribution < -0.4 is 5.32 Å². The molecule has 1 atom stereocenters. The first-order chi connectivity index (χ1) is 16.2. The van der Waals surface area contributed by atoms with Gasteiger partial charge in [-0.15, -0.1) is 0 Å². The van der Waals surface area contributed by atoms with E-state index in [1.165, 1.54) is 18.2 Å². The minimum Gasteiger partial charge on any atom is -0.463 e. The number of carbonyl (C=O) groups excluding carboxylic acids is 2. The number of hydrogen-bond donors (Lipinski definition) is 1. The van der Waals surface area contributed by atoms with Gasteiger partial charge >= 0.3 is 11.9 Å². The highest BCUT2D eigenvalue weighted by molar-refractivity contribution is 6.31. The van der Waals surface area contributed by atoms with E-state index in [4.69, 9.17) is 30.5 Å². The average Bonchev–Trinajstić information content (AvgIpc) is 2.78. The summed E-state index contributed by atoms with van der Waals surface area (Å²) in [5, 5.41) is 14.7. The van der Waals surface area contributed by atoms with Gasteiger partial charge < -0.3 is 24.3 Å². The van der Waals surface area contributed by atoms with Crippen molar-refractivity contribution in [3.8, 4) is 0 Å². The van der Waals surface area contributed by atoms with Crippen LogP contribution in [0.5, 0.6) is 0 Å². The lowest BCUT2D eigenvalue weighted by atomic mass is 9.79. The summed E-state index contributed by atoms with van der Waals surface area (Å²) in [7, 11) is 0. The van der Waals surface area contributed by atoms with Crippen molar-refractivity contribution in [2.45, 2.75) is 46.8 Å². The van der Waals surface area contributed by atoms with E-state index in [0.717, 1.165) is 0 Å². The number of non-ortho nitro benzene ring substituents is 1. The van der Waals surface area contributed by atoms with Crippen molar-refractivity contribution in [3.63, 3.8) is 0 Å². The maximum Gasteiger partial charge on any atom is 0.336 e. The zero-order chi connectivity index (χ0) is 25.4. The quantitative estimate of drug-likeness (QED) is 0.209. The molecule has 2 rings (SSSR count). The first-order valence-electron chi connectivity index (χ1n) is 10.9. The second-order valence-electron chi connectivity index (χ2n) is 7.07. The summed E-state index contributed by atoms with van der Waals surface area (Å²) in [5.41, 5.74) is 0.563. The fourth-order valence-electron chi connectivity index (χ4n) is 3.65. The molecule has 1 unspecified atom stereocenters. The largest absolute Gasteiger partial charge is 0.463 e. The summed E-state index contributed by atoms with van der Waals surface area (Å²) in [6.45, 7) is 9.10. The van der Waals surface area contributed by atoms with Crippen molar-refractivity contribution in [1.29, 1.82) is 0 Å². The normalized spacial score (nSPS) is 15.9. The molecule has 1 aromatic carbocycles. The zero-order valence-electron chi connectivity index (χ0n) is 19.8. The predicted molar refractivity (Wildman–Crippen MR) is 124 cm³/mol. The van der Waals surface area contributed by atoms with Crippen LogP contribution in [0.25, 0.3) is 0 Å². The van der Waals surface area contributed by atoms with Crippen LogP contribution in [0.1, 0.15) is 46.1 Å². The third-order valence-corrected chi connectivity index (χ3v) is 5.30. The van der Waals surface area contributed by atoms with E-state index in [1.54, 1.807) is 34.6 Å². The number of dihydropyridines is 1. The van der Waals surface area contributed by atoms with Gasteiger partial charge in [-0.1, -0.05) is 11.6 Å². The van der Waals surface area contributed by atoms with E-state index in [0.29, 0.717) is 5.70 Å². The molecule has 0 saturated heterocycles. The highest BCUT2D eigenvalue weighted by Crippen LogP contribution is 2.44. The van der Waals surface area contributed by atoms with Gasteiger partial charge in [0.25, 0.3) is 5.69 Å². The molecule has 0 aliphatic carbocycles. The molecule has 11 heteroatoms. The van der Waals surface area contributed by atoms with Crippen molar-refractivity contribution >= 4 is 29.2 Å². The fraction of sp³-hybridized carbons (Fsp3) is 0.478. The van der Waals surface area contributed by atoms with Crippen LogP contribution >= 0.6 is 11.6 Å². The Balaban J connectivity index is 2.91. The smallest absolute Gasteiger partial charge is 0.336 e. The molecule has 186 valence electrons. The Morgan fingerprint density at radius 3 is 2.09 bits per heavy atom. The van der Waals surface area contributed by atoms with Gasteiger partial charge in [0.15, 0.2) is 6.29 Å². The lowest BCUT2D eigenvalue weighted by Crippen LogP contribution is -2.39. The number of rotatable bonds is 11. The molecule has 1 aliphatic rings. The number of halogens is 1. The molecule has 10 nitrogen and oxygen atoms in total. The summed E-state index contributed by atoms with van der Waals surface area (Å²) in [4.78, 5) is 37.2. The lowest BCUT2D eigenvalue weighted by molar-refractivity contribution is -0.384. The Labute approximate surface area is 203 Å². The topological polar surface area (TPSA) is 126 Å². The van der Waals surface area contributed by atoms with E-state index in [9.17, 15) is 19.7 Å². The molecule has 1 aromatic rings. The summed E-state index contributed by atoms with van der Waals surface area (Å²) < 4.78 is 22.0. The van der Waals surface area contributed by atoms with Crippen molar-refractivity contribution in [3.05, 3.63) is 61.4 Å². The number of nitrogens with one attached hydrogen (secondary N) is 1. The summed E-state index contributed by atoms with van der Waals surface area (Å²) in [5.74, 6) is -2.59. The van der Waals surface area contributed by atoms with Gasteiger partial charge in [0.1, 0.15) is 0 Å². The average molecular weight is 497 g/mol. The Kier molecular flexibility index (Phi) is 10.0. The van der Waals surface area contributed by atoms with E-state index < -0.39 is 29.1 Å². The summed E-state index contributed by atoms with van der Waals surface area (Å²) in [6, 6.07) is 3.82. The van der Waals surface area contributed by atoms with Crippen LogP contribution in [0.2, 0.25) is 5.02 Å². The monoisotopic (exact) mass is 496 g/mol. The van der Waals surface area contributed by atoms with Gasteiger partial charge in [0.05, 0.1) is 40.9 Å². The maximum atomic E-state index is 13.3. The number of esters is 2. The molecule has 0 bridgehead atoms. The van der Waals surface area contributed by atoms with Gasteiger partial charge in [0, 0.05) is 36.1 Å². The first-order valence-corrected chi connectivity index (χ1v) is 11.3. The van der Waals surface area contributed by atoms with Gasteiger partial charge in [0.2, 0.25) is 0 Å². The minimum absolute atomic E-state index is 0.00944. The van der Waals surface area contributed by atoms with Crippen LogP contribution in [0.15, 0.2) is 40.7 Å². The summed E-state index contributed by atoms with van der Waals surface area (Å²) in [6.07, 6.45) is -0.993. The van der Waals surface area contributed by atoms with E-state index in [2.05, 4.69) is 5.32 Å². The molecule has 0 amide bonds. The van der Waals surface area contributed by atoms with Crippen LogP contribution in [0, 0.1) is 10.1 Å². The highest BCUT2D eigenvalue weighted by atomic mass is 35.5. The highest BCUT2D eigenvalue weighted by Gasteiger charge is 2.42. The number of hydrogen-bond acceptors (Lipinski definition) is 9. The SMILES string of the molecule is CCOC(=O)C1=C(C)NC(C(OCC)OCC)=C(C(=O)OCC)C1c1cc([N+](=O)[O-])ccc1Cl. The lowest BCUT2D eigenvalue weighted by Gasteiger charge is -2.34. The molecule has 1 N–H and O–H groups in total. The van der Waals surface area contributed by atoms with Gasteiger partial charge in [-0.25, -0.2) is 9.59 Å². The van der Waals surface area contributed by atoms with E-state index >= 15 is 0 Å². The van der Waals surface area contributed by atoms with Crippen LogP contribution in [-0.4, -0.2) is 49.6 Å². The second kappa shape index (κ2) is 12.5. The molecule has 0 saturated carbocycles. The second-order valence-corrected chi connectivity index (χ2v) is 7.48. The Morgan fingerprint density at radius 1 is 1.03 bits per heavy atom. The summed E-state index contributed by atoms with van der Waals surface area (Å²) >= 11 is 6.47. The third kappa shape index (κ3) is 5.94. The third-order valence-electron chi connectivity index (χ3n) is 4.96. The van der Waals surface area contributed by atoms with Crippen molar-refractivity contribution in [2.24, 2.45) is 0 Å². The minimum atomic E-state index is -1.13. The number of nitrogens with zero attached hydrogens (tertiary/aromatic N) is 1. The molecule has 0 aromatic heterocycles.